The third-order valence-corrected chi connectivity index (χ3v) is 5.42. The van der Waals surface area contributed by atoms with Gasteiger partial charge in [-0.2, -0.15) is 0 Å². The summed E-state index contributed by atoms with van der Waals surface area (Å²) >= 11 is 6.50. The first-order valence-electron chi connectivity index (χ1n) is 8.08. The summed E-state index contributed by atoms with van der Waals surface area (Å²) in [6.45, 7) is 1.99. The predicted molar refractivity (Wildman–Crippen MR) is 78.2 cm³/mol. The fourth-order valence-corrected chi connectivity index (χ4v) is 3.95. The van der Waals surface area contributed by atoms with E-state index in [9.17, 15) is 0 Å². The maximum Gasteiger partial charge on any atom is 0.0468 e. The van der Waals surface area contributed by atoms with Crippen LogP contribution in [0.5, 0.6) is 0 Å². The molecule has 2 rings (SSSR count). The van der Waals surface area contributed by atoms with Crippen LogP contribution in [0.4, 0.5) is 0 Å². The summed E-state index contributed by atoms with van der Waals surface area (Å²) in [5.74, 6) is 1.75. The standard InChI is InChI=1S/C16H29ClO/c17-16-9-3-1-2-7-15(16)8-5-4-6-14-10-12-18-13-11-14/h14-16H,1-13H2. The van der Waals surface area contributed by atoms with Crippen LogP contribution in [0.25, 0.3) is 0 Å². The van der Waals surface area contributed by atoms with E-state index < -0.39 is 0 Å². The Balaban J connectivity index is 1.56. The molecule has 1 heterocycles. The largest absolute Gasteiger partial charge is 0.381 e. The van der Waals surface area contributed by atoms with Gasteiger partial charge in [0, 0.05) is 18.6 Å². The molecule has 1 saturated heterocycles. The van der Waals surface area contributed by atoms with Crippen molar-refractivity contribution in [2.75, 3.05) is 13.2 Å². The molecule has 0 spiro atoms. The van der Waals surface area contributed by atoms with Gasteiger partial charge in [0.1, 0.15) is 0 Å². The lowest BCUT2D eigenvalue weighted by Crippen LogP contribution is -2.16. The first-order valence-corrected chi connectivity index (χ1v) is 8.51. The van der Waals surface area contributed by atoms with Crippen LogP contribution in [0, 0.1) is 11.8 Å². The van der Waals surface area contributed by atoms with Gasteiger partial charge in [0.25, 0.3) is 0 Å². The Hall–Kier alpha value is 0.250. The molecular weight excluding hydrogens is 244 g/mol. The Kier molecular flexibility index (Phi) is 6.86. The van der Waals surface area contributed by atoms with Gasteiger partial charge in [-0.15, -0.1) is 11.6 Å². The first kappa shape index (κ1) is 14.7. The van der Waals surface area contributed by atoms with Gasteiger partial charge in [0.15, 0.2) is 0 Å². The minimum Gasteiger partial charge on any atom is -0.381 e. The lowest BCUT2D eigenvalue weighted by molar-refractivity contribution is 0.0630. The van der Waals surface area contributed by atoms with Crippen LogP contribution in [0.15, 0.2) is 0 Å². The lowest BCUT2D eigenvalue weighted by atomic mass is 9.90. The van der Waals surface area contributed by atoms with Crippen molar-refractivity contribution < 1.29 is 4.74 Å². The highest BCUT2D eigenvalue weighted by Crippen LogP contribution is 2.31. The van der Waals surface area contributed by atoms with Gasteiger partial charge in [-0.3, -0.25) is 0 Å². The van der Waals surface area contributed by atoms with Crippen molar-refractivity contribution in [2.24, 2.45) is 11.8 Å². The van der Waals surface area contributed by atoms with Crippen LogP contribution in [0.1, 0.15) is 70.6 Å². The molecule has 2 fully saturated rings. The Morgan fingerprint density at radius 1 is 0.833 bits per heavy atom. The summed E-state index contributed by atoms with van der Waals surface area (Å²) < 4.78 is 5.41. The third-order valence-electron chi connectivity index (χ3n) is 4.84. The van der Waals surface area contributed by atoms with Crippen molar-refractivity contribution in [3.8, 4) is 0 Å². The molecule has 1 saturated carbocycles. The van der Waals surface area contributed by atoms with Crippen molar-refractivity contribution in [1.82, 2.24) is 0 Å². The topological polar surface area (TPSA) is 9.23 Å². The first-order chi connectivity index (χ1) is 8.86. The zero-order valence-corrected chi connectivity index (χ0v) is 12.5. The van der Waals surface area contributed by atoms with Gasteiger partial charge in [-0.1, -0.05) is 38.5 Å². The summed E-state index contributed by atoms with van der Waals surface area (Å²) in [6.07, 6.45) is 15.0. The van der Waals surface area contributed by atoms with E-state index in [-0.39, 0.29) is 0 Å². The van der Waals surface area contributed by atoms with Crippen molar-refractivity contribution >= 4 is 11.6 Å². The van der Waals surface area contributed by atoms with Crippen LogP contribution in [-0.4, -0.2) is 18.6 Å². The summed E-state index contributed by atoms with van der Waals surface area (Å²) in [5.41, 5.74) is 0. The van der Waals surface area contributed by atoms with Gasteiger partial charge >= 0.3 is 0 Å². The Morgan fingerprint density at radius 2 is 1.56 bits per heavy atom. The van der Waals surface area contributed by atoms with E-state index in [0.29, 0.717) is 5.38 Å². The average Bonchev–Trinajstić information content (AvgIpc) is 2.61. The Morgan fingerprint density at radius 3 is 2.39 bits per heavy atom. The predicted octanol–water partition coefficient (Wildman–Crippen LogP) is 5.16. The smallest absolute Gasteiger partial charge is 0.0468 e. The summed E-state index contributed by atoms with van der Waals surface area (Å²) in [6, 6.07) is 0. The lowest BCUT2D eigenvalue weighted by Gasteiger charge is -2.23. The molecule has 1 aliphatic carbocycles. The molecule has 18 heavy (non-hydrogen) atoms. The Bertz CT molecular complexity index is 213. The van der Waals surface area contributed by atoms with Crippen molar-refractivity contribution in [3.05, 3.63) is 0 Å². The van der Waals surface area contributed by atoms with E-state index in [0.717, 1.165) is 25.0 Å². The molecule has 2 aliphatic rings. The van der Waals surface area contributed by atoms with Crippen LogP contribution in [0.2, 0.25) is 0 Å². The van der Waals surface area contributed by atoms with Gasteiger partial charge in [0.05, 0.1) is 0 Å². The van der Waals surface area contributed by atoms with Crippen molar-refractivity contribution in [2.45, 2.75) is 76.0 Å². The van der Waals surface area contributed by atoms with Crippen molar-refractivity contribution in [3.63, 3.8) is 0 Å². The van der Waals surface area contributed by atoms with E-state index in [1.807, 2.05) is 0 Å². The molecule has 2 atom stereocenters. The second-order valence-corrected chi connectivity index (χ2v) is 6.81. The summed E-state index contributed by atoms with van der Waals surface area (Å²) in [5, 5.41) is 0.468. The number of alkyl halides is 1. The maximum absolute atomic E-state index is 6.50. The number of hydrogen-bond acceptors (Lipinski definition) is 1. The van der Waals surface area contributed by atoms with E-state index in [2.05, 4.69) is 0 Å². The summed E-state index contributed by atoms with van der Waals surface area (Å²) in [4.78, 5) is 0. The fraction of sp³-hybridized carbons (Fsp3) is 1.00. The van der Waals surface area contributed by atoms with Crippen LogP contribution in [0.3, 0.4) is 0 Å². The SMILES string of the molecule is ClC1CCCCCC1CCCCC1CCOCC1. The molecule has 0 aromatic rings. The molecule has 106 valence electrons. The molecule has 2 heteroatoms. The maximum atomic E-state index is 6.50. The quantitative estimate of drug-likeness (QED) is 0.382. The fourth-order valence-electron chi connectivity index (χ4n) is 3.54. The van der Waals surface area contributed by atoms with E-state index in [1.54, 1.807) is 0 Å². The van der Waals surface area contributed by atoms with Gasteiger partial charge in [-0.05, 0) is 43.9 Å². The molecule has 0 aromatic heterocycles. The minimum absolute atomic E-state index is 0.468. The zero-order valence-electron chi connectivity index (χ0n) is 11.7. The molecule has 0 N–H and O–H groups in total. The monoisotopic (exact) mass is 272 g/mol. The van der Waals surface area contributed by atoms with Crippen LogP contribution < -0.4 is 0 Å². The van der Waals surface area contributed by atoms with E-state index in [4.69, 9.17) is 16.3 Å². The third kappa shape index (κ3) is 5.09. The molecule has 0 amide bonds. The van der Waals surface area contributed by atoms with Crippen LogP contribution in [-0.2, 0) is 4.74 Å². The molecule has 0 aromatic carbocycles. The zero-order chi connectivity index (χ0) is 12.6. The molecule has 1 nitrogen and oxygen atoms in total. The number of halogens is 1. The van der Waals surface area contributed by atoms with Crippen molar-refractivity contribution in [1.29, 1.82) is 0 Å². The molecule has 1 aliphatic heterocycles. The normalized spacial score (nSPS) is 31.2. The van der Waals surface area contributed by atoms with E-state index in [1.165, 1.54) is 70.6 Å². The minimum atomic E-state index is 0.468. The van der Waals surface area contributed by atoms with Gasteiger partial charge < -0.3 is 4.74 Å². The number of hydrogen-bond donors (Lipinski definition) is 0. The second-order valence-electron chi connectivity index (χ2n) is 6.25. The number of rotatable bonds is 5. The highest BCUT2D eigenvalue weighted by Gasteiger charge is 2.21. The molecule has 0 bridgehead atoms. The number of unbranched alkanes of at least 4 members (excludes halogenated alkanes) is 1. The molecule has 2 unspecified atom stereocenters. The highest BCUT2D eigenvalue weighted by molar-refractivity contribution is 6.20. The molecular formula is C16H29ClO. The summed E-state index contributed by atoms with van der Waals surface area (Å²) in [7, 11) is 0. The van der Waals surface area contributed by atoms with Crippen LogP contribution >= 0.6 is 11.6 Å². The average molecular weight is 273 g/mol. The number of ether oxygens (including phenoxy) is 1. The Labute approximate surface area is 118 Å². The second kappa shape index (κ2) is 8.43. The van der Waals surface area contributed by atoms with Gasteiger partial charge in [-0.25, -0.2) is 0 Å². The molecule has 0 radical (unpaired) electrons. The van der Waals surface area contributed by atoms with E-state index >= 15 is 0 Å². The van der Waals surface area contributed by atoms with Gasteiger partial charge in [0.2, 0.25) is 0 Å². The highest BCUT2D eigenvalue weighted by atomic mass is 35.5.